The maximum absolute atomic E-state index is 12.4. The van der Waals surface area contributed by atoms with E-state index in [0.29, 0.717) is 18.7 Å². The van der Waals surface area contributed by atoms with Crippen LogP contribution >= 0.6 is 11.8 Å². The van der Waals surface area contributed by atoms with Crippen LogP contribution in [0.1, 0.15) is 12.0 Å². The zero-order valence-corrected chi connectivity index (χ0v) is 12.8. The molecule has 3 rings (SSSR count). The Morgan fingerprint density at radius 3 is 2.77 bits per heavy atom. The van der Waals surface area contributed by atoms with Crippen molar-refractivity contribution in [1.29, 1.82) is 0 Å². The highest BCUT2D eigenvalue weighted by Crippen LogP contribution is 2.33. The molecule has 6 nitrogen and oxygen atoms in total. The van der Waals surface area contributed by atoms with Crippen LogP contribution in [0.25, 0.3) is 0 Å². The Kier molecular flexibility index (Phi) is 4.06. The Bertz CT molecular complexity index is 599. The van der Waals surface area contributed by atoms with Crippen molar-refractivity contribution in [2.24, 2.45) is 0 Å². The summed E-state index contributed by atoms with van der Waals surface area (Å²) in [5.41, 5.74) is 0.179. The number of hydrogen-bond donors (Lipinski definition) is 2. The highest BCUT2D eigenvalue weighted by Gasteiger charge is 2.53. The maximum Gasteiger partial charge on any atom is 0.325 e. The lowest BCUT2D eigenvalue weighted by atomic mass is 9.99. The van der Waals surface area contributed by atoms with Crippen LogP contribution in [0.2, 0.25) is 0 Å². The summed E-state index contributed by atoms with van der Waals surface area (Å²) in [5.74, 6) is 0.812. The number of amides is 4. The van der Waals surface area contributed by atoms with E-state index in [1.54, 1.807) is 11.8 Å². The van der Waals surface area contributed by atoms with Gasteiger partial charge in [0.15, 0.2) is 0 Å². The maximum atomic E-state index is 12.4. The van der Waals surface area contributed by atoms with Crippen LogP contribution < -0.4 is 10.6 Å². The second-order valence-corrected chi connectivity index (χ2v) is 6.57. The van der Waals surface area contributed by atoms with E-state index in [-0.39, 0.29) is 18.4 Å². The average Bonchev–Trinajstić information content (AvgIpc) is 3.08. The van der Waals surface area contributed by atoms with Crippen molar-refractivity contribution >= 4 is 29.6 Å². The third-order valence-corrected chi connectivity index (χ3v) is 5.09. The van der Waals surface area contributed by atoms with Crippen LogP contribution in [-0.2, 0) is 16.1 Å². The molecule has 0 radical (unpaired) electrons. The van der Waals surface area contributed by atoms with Crippen molar-refractivity contribution in [3.8, 4) is 0 Å². The molecule has 2 aliphatic heterocycles. The van der Waals surface area contributed by atoms with Gasteiger partial charge in [0, 0.05) is 12.3 Å². The van der Waals surface area contributed by atoms with Crippen LogP contribution in [-0.4, -0.2) is 46.3 Å². The number of rotatable bonds is 4. The lowest BCUT2D eigenvalue weighted by Crippen LogP contribution is -2.47. The number of hydrogen-bond acceptors (Lipinski definition) is 4. The smallest absolute Gasteiger partial charge is 0.325 e. The molecule has 0 unspecified atom stereocenters. The molecular formula is C15H17N3O3S. The molecule has 1 atom stereocenters. The van der Waals surface area contributed by atoms with Crippen molar-refractivity contribution in [2.75, 3.05) is 18.1 Å². The SMILES string of the molecule is O=C(CN1C(=O)N[C@]2(CCSC2)C1=O)NCc1ccccc1. The first-order valence-corrected chi connectivity index (χ1v) is 8.29. The number of nitrogens with zero attached hydrogens (tertiary/aromatic N) is 1. The quantitative estimate of drug-likeness (QED) is 0.802. The molecule has 0 bridgehead atoms. The summed E-state index contributed by atoms with van der Waals surface area (Å²) >= 11 is 1.64. The number of thioether (sulfide) groups is 1. The minimum Gasteiger partial charge on any atom is -0.350 e. The molecule has 2 heterocycles. The molecule has 7 heteroatoms. The van der Waals surface area contributed by atoms with Gasteiger partial charge in [-0.3, -0.25) is 14.5 Å². The molecule has 1 aromatic rings. The zero-order valence-electron chi connectivity index (χ0n) is 12.0. The van der Waals surface area contributed by atoms with Crippen molar-refractivity contribution < 1.29 is 14.4 Å². The van der Waals surface area contributed by atoms with Gasteiger partial charge in [-0.2, -0.15) is 11.8 Å². The number of urea groups is 1. The molecule has 22 heavy (non-hydrogen) atoms. The van der Waals surface area contributed by atoms with E-state index in [2.05, 4.69) is 10.6 Å². The first-order chi connectivity index (χ1) is 10.6. The number of imide groups is 1. The molecule has 2 saturated heterocycles. The van der Waals surface area contributed by atoms with Crippen molar-refractivity contribution in [2.45, 2.75) is 18.5 Å². The normalized spacial score (nSPS) is 23.9. The summed E-state index contributed by atoms with van der Waals surface area (Å²) in [4.78, 5) is 37.4. The van der Waals surface area contributed by atoms with Gasteiger partial charge in [0.05, 0.1) is 0 Å². The van der Waals surface area contributed by atoms with Crippen LogP contribution in [0.3, 0.4) is 0 Å². The van der Waals surface area contributed by atoms with E-state index in [1.807, 2.05) is 30.3 Å². The van der Waals surface area contributed by atoms with Gasteiger partial charge in [0.25, 0.3) is 5.91 Å². The first kappa shape index (κ1) is 14.9. The van der Waals surface area contributed by atoms with Crippen LogP contribution in [0.5, 0.6) is 0 Å². The van der Waals surface area contributed by atoms with Gasteiger partial charge >= 0.3 is 6.03 Å². The van der Waals surface area contributed by atoms with Crippen molar-refractivity contribution in [3.63, 3.8) is 0 Å². The fourth-order valence-electron chi connectivity index (χ4n) is 2.65. The van der Waals surface area contributed by atoms with Gasteiger partial charge in [0.1, 0.15) is 12.1 Å². The van der Waals surface area contributed by atoms with E-state index in [4.69, 9.17) is 0 Å². The molecule has 1 spiro atoms. The van der Waals surface area contributed by atoms with Crippen molar-refractivity contribution in [3.05, 3.63) is 35.9 Å². The molecule has 2 fully saturated rings. The van der Waals surface area contributed by atoms with Gasteiger partial charge < -0.3 is 10.6 Å². The molecule has 2 aliphatic rings. The third-order valence-electron chi connectivity index (χ3n) is 3.90. The molecule has 0 aliphatic carbocycles. The molecule has 1 aromatic carbocycles. The summed E-state index contributed by atoms with van der Waals surface area (Å²) in [6.45, 7) is 0.147. The lowest BCUT2D eigenvalue weighted by molar-refractivity contribution is -0.134. The Morgan fingerprint density at radius 2 is 2.09 bits per heavy atom. The van der Waals surface area contributed by atoms with Gasteiger partial charge in [-0.1, -0.05) is 30.3 Å². The fraction of sp³-hybridized carbons (Fsp3) is 0.400. The zero-order chi connectivity index (χ0) is 15.6. The monoisotopic (exact) mass is 319 g/mol. The molecule has 4 amide bonds. The largest absolute Gasteiger partial charge is 0.350 e. The highest BCUT2D eigenvalue weighted by molar-refractivity contribution is 7.99. The summed E-state index contributed by atoms with van der Waals surface area (Å²) in [6.07, 6.45) is 0.629. The molecule has 116 valence electrons. The number of nitrogens with one attached hydrogen (secondary N) is 2. The molecule has 0 saturated carbocycles. The van der Waals surface area contributed by atoms with E-state index in [9.17, 15) is 14.4 Å². The van der Waals surface area contributed by atoms with Crippen LogP contribution in [0, 0.1) is 0 Å². The summed E-state index contributed by atoms with van der Waals surface area (Å²) in [6, 6.07) is 9.01. The fourth-order valence-corrected chi connectivity index (χ4v) is 3.97. The van der Waals surface area contributed by atoms with Gasteiger partial charge in [0.2, 0.25) is 5.91 Å². The predicted octanol–water partition coefficient (Wildman–Crippen LogP) is 0.730. The average molecular weight is 319 g/mol. The molecule has 0 aromatic heterocycles. The molecular weight excluding hydrogens is 302 g/mol. The standard InChI is InChI=1S/C15H17N3O3S/c19-12(16-8-11-4-2-1-3-5-11)9-18-13(20)15(17-14(18)21)6-7-22-10-15/h1-5H,6-10H2,(H,16,19)(H,17,21)/t15-/m0/s1. The van der Waals surface area contributed by atoms with E-state index in [0.717, 1.165) is 16.2 Å². The lowest BCUT2D eigenvalue weighted by Gasteiger charge is -2.19. The van der Waals surface area contributed by atoms with E-state index < -0.39 is 11.6 Å². The Labute approximate surface area is 132 Å². The predicted molar refractivity (Wildman–Crippen MR) is 83.2 cm³/mol. The minimum atomic E-state index is -0.790. The van der Waals surface area contributed by atoms with E-state index >= 15 is 0 Å². The Morgan fingerprint density at radius 1 is 1.32 bits per heavy atom. The second kappa shape index (κ2) is 6.00. The topological polar surface area (TPSA) is 78.5 Å². The van der Waals surface area contributed by atoms with Crippen LogP contribution in [0.4, 0.5) is 4.79 Å². The Hall–Kier alpha value is -2.02. The third kappa shape index (κ3) is 2.81. The Balaban J connectivity index is 1.57. The van der Waals surface area contributed by atoms with Gasteiger partial charge in [-0.15, -0.1) is 0 Å². The van der Waals surface area contributed by atoms with Crippen molar-refractivity contribution in [1.82, 2.24) is 15.5 Å². The summed E-state index contributed by atoms with van der Waals surface area (Å²) in [5, 5.41) is 5.47. The van der Waals surface area contributed by atoms with Crippen LogP contribution in [0.15, 0.2) is 30.3 Å². The number of benzene rings is 1. The second-order valence-electron chi connectivity index (χ2n) is 5.47. The summed E-state index contributed by atoms with van der Waals surface area (Å²) < 4.78 is 0. The number of carbonyl (C=O) groups is 3. The van der Waals surface area contributed by atoms with E-state index in [1.165, 1.54) is 0 Å². The van der Waals surface area contributed by atoms with Gasteiger partial charge in [-0.25, -0.2) is 4.79 Å². The highest BCUT2D eigenvalue weighted by atomic mass is 32.2. The minimum absolute atomic E-state index is 0.232. The first-order valence-electron chi connectivity index (χ1n) is 7.13. The van der Waals surface area contributed by atoms with Gasteiger partial charge in [-0.05, 0) is 17.7 Å². The molecule has 2 N–H and O–H groups in total. The summed E-state index contributed by atoms with van der Waals surface area (Å²) in [7, 11) is 0. The number of carbonyl (C=O) groups excluding carboxylic acids is 3.